The average Bonchev–Trinajstić information content (AvgIpc) is 2.44. The van der Waals surface area contributed by atoms with Gasteiger partial charge in [0.25, 0.3) is 5.56 Å². The van der Waals surface area contributed by atoms with Crippen LogP contribution in [0.4, 0.5) is 0 Å². The van der Waals surface area contributed by atoms with Crippen molar-refractivity contribution in [2.75, 3.05) is 19.7 Å². The van der Waals surface area contributed by atoms with Crippen LogP contribution in [0.2, 0.25) is 0 Å². The van der Waals surface area contributed by atoms with E-state index in [1.165, 1.54) is 12.8 Å². The van der Waals surface area contributed by atoms with E-state index in [0.717, 1.165) is 38.2 Å². The third-order valence-electron chi connectivity index (χ3n) is 3.61. The normalized spacial score (nSPS) is 19.4. The fourth-order valence-electron chi connectivity index (χ4n) is 2.62. The lowest BCUT2D eigenvalue weighted by atomic mass is 10.1. The van der Waals surface area contributed by atoms with Crippen LogP contribution in [0.1, 0.15) is 38.3 Å². The number of nitrogens with zero attached hydrogens (tertiary/aromatic N) is 3. The topological polar surface area (TPSA) is 47.4 Å². The van der Waals surface area contributed by atoms with Crippen molar-refractivity contribution in [1.29, 1.82) is 0 Å². The Balaban J connectivity index is 2.00. The molecule has 0 spiro atoms. The molecular formula is C15H25N3O2. The molecule has 1 unspecified atom stereocenters. The van der Waals surface area contributed by atoms with Gasteiger partial charge in [-0.05, 0) is 45.2 Å². The molecule has 0 saturated carbocycles. The van der Waals surface area contributed by atoms with Gasteiger partial charge in [0, 0.05) is 19.2 Å². The average molecular weight is 279 g/mol. The third kappa shape index (κ3) is 4.42. The predicted octanol–water partition coefficient (Wildman–Crippen LogP) is 1.79. The molecule has 0 N–H and O–H groups in total. The Kier molecular flexibility index (Phi) is 5.73. The summed E-state index contributed by atoms with van der Waals surface area (Å²) >= 11 is 0. The number of aromatic nitrogens is 2. The highest BCUT2D eigenvalue weighted by Crippen LogP contribution is 2.14. The van der Waals surface area contributed by atoms with Gasteiger partial charge in [-0.1, -0.05) is 6.92 Å². The number of ether oxygens (including phenoxy) is 1. The number of hydrogen-bond donors (Lipinski definition) is 0. The summed E-state index contributed by atoms with van der Waals surface area (Å²) in [6.07, 6.45) is 4.90. The molecule has 1 aliphatic rings. The zero-order valence-corrected chi connectivity index (χ0v) is 12.5. The van der Waals surface area contributed by atoms with Gasteiger partial charge in [-0.2, -0.15) is 5.10 Å². The van der Waals surface area contributed by atoms with Crippen LogP contribution in [0.5, 0.6) is 0 Å². The van der Waals surface area contributed by atoms with Gasteiger partial charge >= 0.3 is 0 Å². The van der Waals surface area contributed by atoms with Gasteiger partial charge in [0.2, 0.25) is 0 Å². The van der Waals surface area contributed by atoms with E-state index in [9.17, 15) is 4.79 Å². The lowest BCUT2D eigenvalue weighted by Gasteiger charge is -2.29. The molecule has 1 atom stereocenters. The summed E-state index contributed by atoms with van der Waals surface area (Å²) in [6, 6.07) is 3.34. The quantitative estimate of drug-likeness (QED) is 0.796. The smallest absolute Gasteiger partial charge is 0.267 e. The van der Waals surface area contributed by atoms with E-state index in [-0.39, 0.29) is 5.56 Å². The first-order chi connectivity index (χ1) is 9.69. The fourth-order valence-corrected chi connectivity index (χ4v) is 2.62. The molecule has 0 radical (unpaired) electrons. The zero-order valence-electron chi connectivity index (χ0n) is 12.5. The second kappa shape index (κ2) is 7.55. The molecular weight excluding hydrogens is 254 g/mol. The summed E-state index contributed by atoms with van der Waals surface area (Å²) in [5.41, 5.74) is 0.830. The Labute approximate surface area is 120 Å². The molecule has 0 aliphatic carbocycles. The van der Waals surface area contributed by atoms with Crippen LogP contribution in [-0.2, 0) is 11.4 Å². The van der Waals surface area contributed by atoms with Gasteiger partial charge in [0.15, 0.2) is 0 Å². The summed E-state index contributed by atoms with van der Waals surface area (Å²) in [7, 11) is 0. The minimum absolute atomic E-state index is 0.0405. The van der Waals surface area contributed by atoms with Gasteiger partial charge in [0.1, 0.15) is 0 Å². The summed E-state index contributed by atoms with van der Waals surface area (Å²) in [4.78, 5) is 14.1. The Morgan fingerprint density at radius 3 is 3.00 bits per heavy atom. The summed E-state index contributed by atoms with van der Waals surface area (Å²) in [5, 5.41) is 4.31. The van der Waals surface area contributed by atoms with Crippen LogP contribution in [0.15, 0.2) is 16.9 Å². The lowest BCUT2D eigenvalue weighted by Crippen LogP contribution is -2.40. The predicted molar refractivity (Wildman–Crippen MR) is 78.7 cm³/mol. The van der Waals surface area contributed by atoms with E-state index in [1.807, 2.05) is 6.92 Å². The molecule has 20 heavy (non-hydrogen) atoms. The van der Waals surface area contributed by atoms with Gasteiger partial charge in [-0.15, -0.1) is 0 Å². The van der Waals surface area contributed by atoms with Crippen LogP contribution in [0, 0.1) is 6.92 Å². The zero-order chi connectivity index (χ0) is 14.4. The molecule has 1 aromatic rings. The number of rotatable bonds is 6. The molecule has 1 saturated heterocycles. The largest absolute Gasteiger partial charge is 0.377 e. The molecule has 1 fully saturated rings. The molecule has 112 valence electrons. The Hall–Kier alpha value is -1.20. The molecule has 0 aromatic carbocycles. The van der Waals surface area contributed by atoms with Crippen molar-refractivity contribution in [1.82, 2.24) is 14.7 Å². The highest BCUT2D eigenvalue weighted by atomic mass is 16.5. The molecule has 5 nitrogen and oxygen atoms in total. The minimum Gasteiger partial charge on any atom is -0.377 e. The molecule has 0 amide bonds. The van der Waals surface area contributed by atoms with E-state index in [4.69, 9.17) is 4.74 Å². The maximum atomic E-state index is 11.8. The van der Waals surface area contributed by atoms with Crippen molar-refractivity contribution in [3.63, 3.8) is 0 Å². The lowest BCUT2D eigenvalue weighted by molar-refractivity contribution is -0.0123. The van der Waals surface area contributed by atoms with Crippen LogP contribution in [0.25, 0.3) is 0 Å². The number of hydrogen-bond acceptors (Lipinski definition) is 4. The number of aryl methyl sites for hydroxylation is 1. The van der Waals surface area contributed by atoms with Crippen molar-refractivity contribution in [2.45, 2.75) is 52.3 Å². The first-order valence-corrected chi connectivity index (χ1v) is 7.57. The molecule has 5 heteroatoms. The van der Waals surface area contributed by atoms with E-state index in [1.54, 1.807) is 16.8 Å². The van der Waals surface area contributed by atoms with Gasteiger partial charge in [-0.25, -0.2) is 4.68 Å². The maximum absolute atomic E-state index is 11.8. The molecule has 1 aromatic heterocycles. The van der Waals surface area contributed by atoms with Crippen molar-refractivity contribution >= 4 is 0 Å². The Bertz CT molecular complexity index is 466. The first-order valence-electron chi connectivity index (χ1n) is 7.57. The second-order valence-electron chi connectivity index (χ2n) is 5.52. The standard InChI is InChI=1S/C15H25N3O2/c1-3-9-17(11-14-6-4-5-10-20-14)12-18-15(19)8-7-13(2)16-18/h7-8,14H,3-6,9-12H2,1-2H3. The molecule has 1 aliphatic heterocycles. The van der Waals surface area contributed by atoms with Crippen LogP contribution >= 0.6 is 0 Å². The Morgan fingerprint density at radius 2 is 2.30 bits per heavy atom. The maximum Gasteiger partial charge on any atom is 0.267 e. The van der Waals surface area contributed by atoms with E-state index < -0.39 is 0 Å². The van der Waals surface area contributed by atoms with Crippen LogP contribution in [0.3, 0.4) is 0 Å². The van der Waals surface area contributed by atoms with E-state index in [2.05, 4.69) is 16.9 Å². The van der Waals surface area contributed by atoms with Gasteiger partial charge < -0.3 is 4.74 Å². The van der Waals surface area contributed by atoms with Crippen LogP contribution < -0.4 is 5.56 Å². The van der Waals surface area contributed by atoms with Gasteiger partial charge in [-0.3, -0.25) is 9.69 Å². The second-order valence-corrected chi connectivity index (χ2v) is 5.52. The summed E-state index contributed by atoms with van der Waals surface area (Å²) < 4.78 is 7.35. The van der Waals surface area contributed by atoms with Crippen LogP contribution in [-0.4, -0.2) is 40.5 Å². The summed E-state index contributed by atoms with van der Waals surface area (Å²) in [6.45, 7) is 7.32. The van der Waals surface area contributed by atoms with E-state index in [0.29, 0.717) is 12.8 Å². The Morgan fingerprint density at radius 1 is 1.45 bits per heavy atom. The fraction of sp³-hybridized carbons (Fsp3) is 0.733. The van der Waals surface area contributed by atoms with Gasteiger partial charge in [0.05, 0.1) is 18.5 Å². The molecule has 2 rings (SSSR count). The van der Waals surface area contributed by atoms with Crippen molar-refractivity contribution < 1.29 is 4.74 Å². The third-order valence-corrected chi connectivity index (χ3v) is 3.61. The first kappa shape index (κ1) is 15.2. The summed E-state index contributed by atoms with van der Waals surface area (Å²) in [5.74, 6) is 0. The van der Waals surface area contributed by atoms with Crippen molar-refractivity contribution in [2.24, 2.45) is 0 Å². The van der Waals surface area contributed by atoms with Crippen molar-refractivity contribution in [3.05, 3.63) is 28.2 Å². The SMILES string of the molecule is CCCN(CC1CCCCO1)Cn1nc(C)ccc1=O. The highest BCUT2D eigenvalue weighted by molar-refractivity contribution is 4.96. The van der Waals surface area contributed by atoms with Crippen molar-refractivity contribution in [3.8, 4) is 0 Å². The molecule has 0 bridgehead atoms. The highest BCUT2D eigenvalue weighted by Gasteiger charge is 2.18. The monoisotopic (exact) mass is 279 g/mol. The minimum atomic E-state index is -0.0405. The van der Waals surface area contributed by atoms with E-state index >= 15 is 0 Å². The molecule has 2 heterocycles.